The van der Waals surface area contributed by atoms with Crippen molar-refractivity contribution in [3.63, 3.8) is 0 Å². The number of Topliss-reactive ketones (excluding diaryl/α,β-unsaturated/α-hetero) is 1. The summed E-state index contributed by atoms with van der Waals surface area (Å²) in [5, 5.41) is 6.57. The van der Waals surface area contributed by atoms with Crippen LogP contribution in [0.2, 0.25) is 0 Å². The van der Waals surface area contributed by atoms with Crippen molar-refractivity contribution in [3.8, 4) is 0 Å². The summed E-state index contributed by atoms with van der Waals surface area (Å²) in [6, 6.07) is 6.46. The van der Waals surface area contributed by atoms with E-state index >= 15 is 0 Å². The van der Waals surface area contributed by atoms with E-state index in [1.165, 1.54) is 0 Å². The molecule has 1 aromatic carbocycles. The highest BCUT2D eigenvalue weighted by Gasteiger charge is 2.21. The van der Waals surface area contributed by atoms with Gasteiger partial charge in [-0.05, 0) is 43.5 Å². The van der Waals surface area contributed by atoms with Crippen LogP contribution in [0.25, 0.3) is 0 Å². The predicted molar refractivity (Wildman–Crippen MR) is 99.8 cm³/mol. The highest BCUT2D eigenvalue weighted by atomic mass is 16.5. The Balaban J connectivity index is 1.93. The first kappa shape index (κ1) is 20.4. The predicted octanol–water partition coefficient (Wildman–Crippen LogP) is 3.57. The molecule has 0 spiro atoms. The van der Waals surface area contributed by atoms with Gasteiger partial charge in [-0.15, -0.1) is 0 Å². The minimum Gasteiger partial charge on any atom is -0.454 e. The number of nitrogens with one attached hydrogen (secondary N) is 1. The van der Waals surface area contributed by atoms with Crippen molar-refractivity contribution in [1.82, 2.24) is 5.16 Å². The van der Waals surface area contributed by atoms with Crippen molar-refractivity contribution in [1.29, 1.82) is 0 Å². The standard InChI is InChI=1S/C20H24N2O5/c1-5-16-19(13(4)27-22-16)20(25)26-11-17(23)14-6-8-15(9-7-14)21-18(24)10-12(2)3/h6-9,12H,5,10-11H2,1-4H3,(H,21,24). The highest BCUT2D eigenvalue weighted by Crippen LogP contribution is 2.16. The molecule has 144 valence electrons. The third-order valence-electron chi connectivity index (χ3n) is 3.89. The van der Waals surface area contributed by atoms with Crippen LogP contribution in [0.15, 0.2) is 28.8 Å². The molecule has 0 aliphatic rings. The SMILES string of the molecule is CCc1noc(C)c1C(=O)OCC(=O)c1ccc(NC(=O)CC(C)C)cc1. The molecule has 7 nitrogen and oxygen atoms in total. The molecule has 1 amide bonds. The molecule has 1 N–H and O–H groups in total. The number of aryl methyl sites for hydroxylation is 2. The average molecular weight is 372 g/mol. The molecule has 1 heterocycles. The number of aromatic nitrogens is 1. The van der Waals surface area contributed by atoms with Gasteiger partial charge in [0.2, 0.25) is 5.91 Å². The summed E-state index contributed by atoms with van der Waals surface area (Å²) < 4.78 is 10.1. The monoisotopic (exact) mass is 372 g/mol. The van der Waals surface area contributed by atoms with E-state index in [0.717, 1.165) is 0 Å². The summed E-state index contributed by atoms with van der Waals surface area (Å²) in [5.74, 6) is -0.408. The lowest BCUT2D eigenvalue weighted by Crippen LogP contribution is -2.16. The number of hydrogen-bond donors (Lipinski definition) is 1. The fraction of sp³-hybridized carbons (Fsp3) is 0.400. The number of nitrogens with zero attached hydrogens (tertiary/aromatic N) is 1. The van der Waals surface area contributed by atoms with Gasteiger partial charge in [-0.2, -0.15) is 0 Å². The van der Waals surface area contributed by atoms with Crippen LogP contribution in [0.4, 0.5) is 5.69 Å². The Morgan fingerprint density at radius 2 is 1.85 bits per heavy atom. The maximum absolute atomic E-state index is 12.2. The van der Waals surface area contributed by atoms with E-state index in [9.17, 15) is 14.4 Å². The maximum Gasteiger partial charge on any atom is 0.344 e. The highest BCUT2D eigenvalue weighted by molar-refractivity contribution is 6.00. The van der Waals surface area contributed by atoms with Gasteiger partial charge in [-0.1, -0.05) is 25.9 Å². The molecule has 1 aromatic heterocycles. The molecule has 0 radical (unpaired) electrons. The van der Waals surface area contributed by atoms with Crippen LogP contribution in [-0.2, 0) is 16.0 Å². The second kappa shape index (κ2) is 9.12. The van der Waals surface area contributed by atoms with E-state index in [4.69, 9.17) is 9.26 Å². The van der Waals surface area contributed by atoms with E-state index in [2.05, 4.69) is 10.5 Å². The fourth-order valence-corrected chi connectivity index (χ4v) is 2.53. The lowest BCUT2D eigenvalue weighted by atomic mass is 10.1. The van der Waals surface area contributed by atoms with E-state index in [-0.39, 0.29) is 29.8 Å². The van der Waals surface area contributed by atoms with Crippen molar-refractivity contribution >= 4 is 23.3 Å². The summed E-state index contributed by atoms with van der Waals surface area (Å²) in [7, 11) is 0. The third-order valence-corrected chi connectivity index (χ3v) is 3.89. The van der Waals surface area contributed by atoms with Crippen molar-refractivity contribution in [2.75, 3.05) is 11.9 Å². The van der Waals surface area contributed by atoms with Crippen molar-refractivity contribution in [2.24, 2.45) is 5.92 Å². The topological polar surface area (TPSA) is 98.5 Å². The fourth-order valence-electron chi connectivity index (χ4n) is 2.53. The summed E-state index contributed by atoms with van der Waals surface area (Å²) in [6.07, 6.45) is 0.957. The zero-order chi connectivity index (χ0) is 20.0. The Labute approximate surface area is 158 Å². The number of ketones is 1. The number of benzene rings is 1. The first-order chi connectivity index (χ1) is 12.8. The number of rotatable bonds is 8. The summed E-state index contributed by atoms with van der Waals surface area (Å²) in [4.78, 5) is 36.2. The Bertz CT molecular complexity index is 821. The van der Waals surface area contributed by atoms with E-state index in [1.54, 1.807) is 31.2 Å². The number of esters is 1. The van der Waals surface area contributed by atoms with E-state index in [0.29, 0.717) is 35.5 Å². The van der Waals surface area contributed by atoms with Gasteiger partial charge in [-0.3, -0.25) is 9.59 Å². The van der Waals surface area contributed by atoms with Crippen LogP contribution in [0.5, 0.6) is 0 Å². The van der Waals surface area contributed by atoms with Crippen LogP contribution >= 0.6 is 0 Å². The molecule has 0 unspecified atom stereocenters. The molecular weight excluding hydrogens is 348 g/mol. The first-order valence-electron chi connectivity index (χ1n) is 8.87. The molecule has 2 rings (SSSR count). The van der Waals surface area contributed by atoms with Crippen LogP contribution in [0.1, 0.15) is 59.4 Å². The Kier molecular flexibility index (Phi) is 6.87. The second-order valence-electron chi connectivity index (χ2n) is 6.64. The molecule has 0 saturated carbocycles. The summed E-state index contributed by atoms with van der Waals surface area (Å²) >= 11 is 0. The number of amides is 1. The zero-order valence-corrected chi connectivity index (χ0v) is 16.0. The lowest BCUT2D eigenvalue weighted by molar-refractivity contribution is -0.116. The number of ether oxygens (including phenoxy) is 1. The van der Waals surface area contributed by atoms with Gasteiger partial charge < -0.3 is 14.6 Å². The normalized spacial score (nSPS) is 10.7. The smallest absolute Gasteiger partial charge is 0.344 e. The lowest BCUT2D eigenvalue weighted by Gasteiger charge is -2.08. The summed E-state index contributed by atoms with van der Waals surface area (Å²) in [6.45, 7) is 7.02. The van der Waals surface area contributed by atoms with Crippen LogP contribution < -0.4 is 5.32 Å². The molecule has 0 atom stereocenters. The van der Waals surface area contributed by atoms with E-state index < -0.39 is 5.97 Å². The van der Waals surface area contributed by atoms with Crippen molar-refractivity contribution < 1.29 is 23.6 Å². The average Bonchev–Trinajstić information content (AvgIpc) is 3.00. The van der Waals surface area contributed by atoms with Gasteiger partial charge in [0, 0.05) is 17.7 Å². The quantitative estimate of drug-likeness (QED) is 0.562. The van der Waals surface area contributed by atoms with E-state index in [1.807, 2.05) is 20.8 Å². The van der Waals surface area contributed by atoms with Crippen LogP contribution in [0.3, 0.4) is 0 Å². The second-order valence-corrected chi connectivity index (χ2v) is 6.64. The van der Waals surface area contributed by atoms with Gasteiger partial charge in [-0.25, -0.2) is 4.79 Å². The number of carbonyl (C=O) groups excluding carboxylic acids is 3. The molecular formula is C20H24N2O5. The Morgan fingerprint density at radius 1 is 1.19 bits per heavy atom. The molecule has 27 heavy (non-hydrogen) atoms. The number of hydrogen-bond acceptors (Lipinski definition) is 6. The van der Waals surface area contributed by atoms with Gasteiger partial charge in [0.15, 0.2) is 12.4 Å². The number of anilines is 1. The minimum absolute atomic E-state index is 0.0752. The molecule has 0 saturated heterocycles. The van der Waals surface area contributed by atoms with Gasteiger partial charge in [0.1, 0.15) is 11.3 Å². The van der Waals surface area contributed by atoms with Crippen molar-refractivity contribution in [3.05, 3.63) is 46.8 Å². The minimum atomic E-state index is -0.628. The maximum atomic E-state index is 12.2. The zero-order valence-electron chi connectivity index (χ0n) is 16.0. The van der Waals surface area contributed by atoms with Gasteiger partial charge in [0.05, 0.1) is 5.69 Å². The molecule has 2 aromatic rings. The molecule has 0 aliphatic carbocycles. The summed E-state index contributed by atoms with van der Waals surface area (Å²) in [5.41, 5.74) is 1.78. The Morgan fingerprint density at radius 3 is 2.44 bits per heavy atom. The van der Waals surface area contributed by atoms with Gasteiger partial charge in [0.25, 0.3) is 0 Å². The molecule has 0 fully saturated rings. The largest absolute Gasteiger partial charge is 0.454 e. The van der Waals surface area contributed by atoms with Crippen LogP contribution in [-0.4, -0.2) is 29.4 Å². The molecule has 7 heteroatoms. The molecule has 0 aliphatic heterocycles. The third kappa shape index (κ3) is 5.51. The van der Waals surface area contributed by atoms with Crippen LogP contribution in [0, 0.1) is 12.8 Å². The van der Waals surface area contributed by atoms with Crippen molar-refractivity contribution in [2.45, 2.75) is 40.5 Å². The number of carbonyl (C=O) groups is 3. The first-order valence-corrected chi connectivity index (χ1v) is 8.87. The van der Waals surface area contributed by atoms with Gasteiger partial charge >= 0.3 is 5.97 Å². The Hall–Kier alpha value is -2.96. The molecule has 0 bridgehead atoms.